The van der Waals surface area contributed by atoms with Crippen LogP contribution in [-0.2, 0) is 0 Å². The van der Waals surface area contributed by atoms with Crippen molar-refractivity contribution in [2.75, 3.05) is 32.8 Å². The molecule has 1 rings (SSSR count). The average molecular weight is 328 g/mol. The Morgan fingerprint density at radius 3 is 2.45 bits per heavy atom. The van der Waals surface area contributed by atoms with E-state index in [0.717, 1.165) is 18.8 Å². The van der Waals surface area contributed by atoms with Crippen LogP contribution < -0.4 is 15.4 Å². The van der Waals surface area contributed by atoms with Crippen LogP contribution in [0.2, 0.25) is 5.02 Å². The van der Waals surface area contributed by atoms with Gasteiger partial charge in [-0.3, -0.25) is 4.90 Å². The summed E-state index contributed by atoms with van der Waals surface area (Å²) in [5, 5.41) is 6.28. The second-order valence-corrected chi connectivity index (χ2v) is 5.64. The molecule has 0 aromatic heterocycles. The molecular formula is C16H26ClN3O2. The molecular weight excluding hydrogens is 302 g/mol. The molecule has 22 heavy (non-hydrogen) atoms. The Bertz CT molecular complexity index is 438. The molecule has 1 aromatic carbocycles. The Hall–Kier alpha value is -1.46. The zero-order chi connectivity index (χ0) is 16.4. The predicted molar refractivity (Wildman–Crippen MR) is 90.7 cm³/mol. The van der Waals surface area contributed by atoms with E-state index in [9.17, 15) is 4.79 Å². The summed E-state index contributed by atoms with van der Waals surface area (Å²) in [6.07, 6.45) is 0. The normalized spacial score (nSPS) is 10.8. The Morgan fingerprint density at radius 1 is 1.23 bits per heavy atom. The highest BCUT2D eigenvalue weighted by Gasteiger charge is 2.07. The van der Waals surface area contributed by atoms with Crippen molar-refractivity contribution in [3.8, 4) is 5.75 Å². The molecule has 0 fully saturated rings. The first-order valence-electron chi connectivity index (χ1n) is 7.67. The number of rotatable bonds is 9. The van der Waals surface area contributed by atoms with Gasteiger partial charge in [-0.15, -0.1) is 0 Å². The second kappa shape index (κ2) is 10.3. The van der Waals surface area contributed by atoms with E-state index >= 15 is 0 Å². The van der Waals surface area contributed by atoms with Crippen LogP contribution in [0.3, 0.4) is 0 Å². The van der Waals surface area contributed by atoms with Crippen LogP contribution in [-0.4, -0.2) is 49.8 Å². The van der Waals surface area contributed by atoms with Crippen LogP contribution >= 0.6 is 11.6 Å². The van der Waals surface area contributed by atoms with Crippen LogP contribution in [0.5, 0.6) is 5.75 Å². The molecule has 0 atom stereocenters. The fraction of sp³-hybridized carbons (Fsp3) is 0.562. The number of urea groups is 1. The van der Waals surface area contributed by atoms with Crippen LogP contribution in [0, 0.1) is 0 Å². The molecule has 2 N–H and O–H groups in total. The van der Waals surface area contributed by atoms with Crippen molar-refractivity contribution in [2.45, 2.75) is 26.8 Å². The molecule has 0 saturated carbocycles. The summed E-state index contributed by atoms with van der Waals surface area (Å²) in [7, 11) is 0. The van der Waals surface area contributed by atoms with E-state index in [2.05, 4.69) is 36.3 Å². The lowest BCUT2D eigenvalue weighted by atomic mass is 10.3. The van der Waals surface area contributed by atoms with Gasteiger partial charge in [0.15, 0.2) is 0 Å². The molecule has 0 radical (unpaired) electrons. The van der Waals surface area contributed by atoms with Crippen molar-refractivity contribution in [1.82, 2.24) is 15.5 Å². The lowest BCUT2D eigenvalue weighted by Crippen LogP contribution is -2.43. The van der Waals surface area contributed by atoms with Gasteiger partial charge in [-0.1, -0.05) is 18.5 Å². The quantitative estimate of drug-likeness (QED) is 0.686. The topological polar surface area (TPSA) is 53.6 Å². The number of halogens is 1. The van der Waals surface area contributed by atoms with E-state index in [1.54, 1.807) is 24.3 Å². The van der Waals surface area contributed by atoms with Gasteiger partial charge in [-0.2, -0.15) is 0 Å². The summed E-state index contributed by atoms with van der Waals surface area (Å²) < 4.78 is 5.49. The maximum absolute atomic E-state index is 11.6. The fourth-order valence-electron chi connectivity index (χ4n) is 2.02. The predicted octanol–water partition coefficient (Wildman–Crippen LogP) is 2.75. The van der Waals surface area contributed by atoms with Gasteiger partial charge in [0.2, 0.25) is 0 Å². The molecule has 0 aliphatic rings. The standard InChI is InChI=1S/C16H26ClN3O2/c1-4-20(13(2)3)11-9-18-16(21)19-10-12-22-15-7-5-14(17)6-8-15/h5-8,13H,4,9-12H2,1-3H3,(H2,18,19,21). The zero-order valence-electron chi connectivity index (χ0n) is 13.6. The van der Waals surface area contributed by atoms with Gasteiger partial charge in [-0.25, -0.2) is 4.79 Å². The molecule has 2 amide bonds. The first-order valence-corrected chi connectivity index (χ1v) is 8.04. The van der Waals surface area contributed by atoms with Gasteiger partial charge in [0, 0.05) is 24.2 Å². The number of likely N-dealkylation sites (N-methyl/N-ethyl adjacent to an activating group) is 1. The van der Waals surface area contributed by atoms with E-state index in [4.69, 9.17) is 16.3 Å². The third-order valence-corrected chi connectivity index (χ3v) is 3.54. The van der Waals surface area contributed by atoms with E-state index in [0.29, 0.717) is 30.8 Å². The lowest BCUT2D eigenvalue weighted by Gasteiger charge is -2.24. The van der Waals surface area contributed by atoms with Crippen molar-refractivity contribution < 1.29 is 9.53 Å². The number of nitrogens with one attached hydrogen (secondary N) is 2. The van der Waals surface area contributed by atoms with Crippen LogP contribution in [0.4, 0.5) is 4.79 Å². The summed E-state index contributed by atoms with van der Waals surface area (Å²) in [5.74, 6) is 0.738. The fourth-order valence-corrected chi connectivity index (χ4v) is 2.15. The largest absolute Gasteiger partial charge is 0.492 e. The third-order valence-electron chi connectivity index (χ3n) is 3.29. The Kier molecular flexibility index (Phi) is 8.70. The van der Waals surface area contributed by atoms with Crippen molar-refractivity contribution in [1.29, 1.82) is 0 Å². The van der Waals surface area contributed by atoms with Crippen molar-refractivity contribution in [2.24, 2.45) is 0 Å². The van der Waals surface area contributed by atoms with E-state index in [1.807, 2.05) is 0 Å². The van der Waals surface area contributed by atoms with Crippen molar-refractivity contribution in [3.63, 3.8) is 0 Å². The highest BCUT2D eigenvalue weighted by molar-refractivity contribution is 6.30. The monoisotopic (exact) mass is 327 g/mol. The van der Waals surface area contributed by atoms with Gasteiger partial charge >= 0.3 is 6.03 Å². The summed E-state index contributed by atoms with van der Waals surface area (Å²) in [6.45, 7) is 9.76. The molecule has 6 heteroatoms. The molecule has 0 saturated heterocycles. The van der Waals surface area contributed by atoms with E-state index < -0.39 is 0 Å². The number of benzene rings is 1. The SMILES string of the molecule is CCN(CCNC(=O)NCCOc1ccc(Cl)cc1)C(C)C. The molecule has 0 unspecified atom stereocenters. The first kappa shape index (κ1) is 18.6. The maximum Gasteiger partial charge on any atom is 0.314 e. The number of amides is 2. The minimum Gasteiger partial charge on any atom is -0.492 e. The van der Waals surface area contributed by atoms with Crippen molar-refractivity contribution >= 4 is 17.6 Å². The van der Waals surface area contributed by atoms with Gasteiger partial charge < -0.3 is 15.4 Å². The van der Waals surface area contributed by atoms with Crippen molar-refractivity contribution in [3.05, 3.63) is 29.3 Å². The van der Waals surface area contributed by atoms with Crippen LogP contribution in [0.1, 0.15) is 20.8 Å². The molecule has 0 spiro atoms. The minimum atomic E-state index is -0.167. The average Bonchev–Trinajstić information content (AvgIpc) is 2.49. The Labute approximate surface area is 138 Å². The van der Waals surface area contributed by atoms with Gasteiger partial charge in [0.1, 0.15) is 12.4 Å². The van der Waals surface area contributed by atoms with E-state index in [-0.39, 0.29) is 6.03 Å². The van der Waals surface area contributed by atoms with Gasteiger partial charge in [0.25, 0.3) is 0 Å². The highest BCUT2D eigenvalue weighted by atomic mass is 35.5. The van der Waals surface area contributed by atoms with Crippen LogP contribution in [0.15, 0.2) is 24.3 Å². The number of carbonyl (C=O) groups is 1. The molecule has 0 aliphatic carbocycles. The van der Waals surface area contributed by atoms with Gasteiger partial charge in [-0.05, 0) is 44.7 Å². The number of nitrogens with zero attached hydrogens (tertiary/aromatic N) is 1. The number of carbonyl (C=O) groups excluding carboxylic acids is 1. The molecule has 124 valence electrons. The molecule has 0 heterocycles. The number of ether oxygens (including phenoxy) is 1. The summed E-state index contributed by atoms with van der Waals surface area (Å²) in [4.78, 5) is 13.9. The van der Waals surface area contributed by atoms with E-state index in [1.165, 1.54) is 0 Å². The summed E-state index contributed by atoms with van der Waals surface area (Å²) >= 11 is 5.79. The third kappa shape index (κ3) is 7.52. The number of hydrogen-bond donors (Lipinski definition) is 2. The summed E-state index contributed by atoms with van der Waals surface area (Å²) in [5.41, 5.74) is 0. The first-order chi connectivity index (χ1) is 10.5. The minimum absolute atomic E-state index is 0.167. The number of hydrogen-bond acceptors (Lipinski definition) is 3. The highest BCUT2D eigenvalue weighted by Crippen LogP contribution is 2.14. The van der Waals surface area contributed by atoms with Crippen LogP contribution in [0.25, 0.3) is 0 Å². The second-order valence-electron chi connectivity index (χ2n) is 5.21. The van der Waals surface area contributed by atoms with Gasteiger partial charge in [0.05, 0.1) is 6.54 Å². The smallest absolute Gasteiger partial charge is 0.314 e. The molecule has 0 aliphatic heterocycles. The molecule has 5 nitrogen and oxygen atoms in total. The maximum atomic E-state index is 11.6. The Balaban J connectivity index is 2.09. The molecule has 1 aromatic rings. The summed E-state index contributed by atoms with van der Waals surface area (Å²) in [6, 6.07) is 7.46. The lowest BCUT2D eigenvalue weighted by molar-refractivity contribution is 0.220. The Morgan fingerprint density at radius 2 is 1.86 bits per heavy atom. The molecule has 0 bridgehead atoms. The zero-order valence-corrected chi connectivity index (χ0v) is 14.3.